The van der Waals surface area contributed by atoms with E-state index in [1.807, 2.05) is 0 Å². The summed E-state index contributed by atoms with van der Waals surface area (Å²) in [5.74, 6) is 1.26. The first-order chi connectivity index (χ1) is 8.22. The SMILES string of the molecule is CCCNCC(=O)c1ccc(OC)c(OC)c1. The van der Waals surface area contributed by atoms with Crippen LogP contribution in [0.1, 0.15) is 23.7 Å². The maximum Gasteiger partial charge on any atom is 0.176 e. The van der Waals surface area contributed by atoms with Gasteiger partial charge in [0.2, 0.25) is 0 Å². The molecule has 0 fully saturated rings. The molecule has 1 aromatic carbocycles. The summed E-state index contributed by atoms with van der Waals surface area (Å²) in [6.45, 7) is 3.26. The Labute approximate surface area is 102 Å². The summed E-state index contributed by atoms with van der Waals surface area (Å²) in [5, 5.41) is 3.08. The van der Waals surface area contributed by atoms with Gasteiger partial charge in [-0.05, 0) is 31.2 Å². The summed E-state index contributed by atoms with van der Waals surface area (Å²) in [6.07, 6.45) is 1.01. The highest BCUT2D eigenvalue weighted by Crippen LogP contribution is 2.27. The molecule has 1 N–H and O–H groups in total. The van der Waals surface area contributed by atoms with Gasteiger partial charge in [0.05, 0.1) is 20.8 Å². The Morgan fingerprint density at radius 2 is 1.94 bits per heavy atom. The largest absolute Gasteiger partial charge is 0.493 e. The average molecular weight is 237 g/mol. The second-order valence-corrected chi connectivity index (χ2v) is 3.67. The third kappa shape index (κ3) is 3.75. The first-order valence-electron chi connectivity index (χ1n) is 5.68. The molecule has 0 aliphatic carbocycles. The first-order valence-corrected chi connectivity index (χ1v) is 5.68. The van der Waals surface area contributed by atoms with Crippen molar-refractivity contribution in [1.82, 2.24) is 5.32 Å². The van der Waals surface area contributed by atoms with Gasteiger partial charge in [-0.25, -0.2) is 0 Å². The molecule has 0 atom stereocenters. The van der Waals surface area contributed by atoms with Crippen LogP contribution in [0.5, 0.6) is 11.5 Å². The number of methoxy groups -OCH3 is 2. The van der Waals surface area contributed by atoms with E-state index in [-0.39, 0.29) is 5.78 Å². The van der Waals surface area contributed by atoms with Crippen LogP contribution in [-0.2, 0) is 0 Å². The van der Waals surface area contributed by atoms with E-state index in [1.54, 1.807) is 32.4 Å². The van der Waals surface area contributed by atoms with Crippen molar-refractivity contribution in [3.63, 3.8) is 0 Å². The van der Waals surface area contributed by atoms with E-state index in [4.69, 9.17) is 9.47 Å². The summed E-state index contributed by atoms with van der Waals surface area (Å²) in [5.41, 5.74) is 0.631. The molecule has 0 aliphatic heterocycles. The lowest BCUT2D eigenvalue weighted by Gasteiger charge is -2.09. The Kier molecular flexibility index (Phi) is 5.49. The van der Waals surface area contributed by atoms with Gasteiger partial charge in [0.1, 0.15) is 0 Å². The molecular formula is C13H19NO3. The zero-order valence-electron chi connectivity index (χ0n) is 10.6. The lowest BCUT2D eigenvalue weighted by atomic mass is 10.1. The van der Waals surface area contributed by atoms with Gasteiger partial charge < -0.3 is 14.8 Å². The molecule has 1 rings (SSSR count). The van der Waals surface area contributed by atoms with Crippen molar-refractivity contribution in [3.05, 3.63) is 23.8 Å². The molecule has 0 bridgehead atoms. The average Bonchev–Trinajstić information content (AvgIpc) is 2.38. The highest BCUT2D eigenvalue weighted by molar-refractivity contribution is 5.98. The molecule has 1 aromatic rings. The van der Waals surface area contributed by atoms with Gasteiger partial charge in [-0.3, -0.25) is 4.79 Å². The summed E-state index contributed by atoms with van der Waals surface area (Å²) >= 11 is 0. The van der Waals surface area contributed by atoms with Crippen molar-refractivity contribution in [1.29, 1.82) is 0 Å². The number of rotatable bonds is 7. The minimum absolute atomic E-state index is 0.0550. The molecule has 0 spiro atoms. The molecule has 0 aromatic heterocycles. The minimum atomic E-state index is 0.0550. The third-order valence-corrected chi connectivity index (χ3v) is 2.42. The third-order valence-electron chi connectivity index (χ3n) is 2.42. The summed E-state index contributed by atoms with van der Waals surface area (Å²) in [4.78, 5) is 11.8. The van der Waals surface area contributed by atoms with Gasteiger partial charge in [0, 0.05) is 5.56 Å². The fourth-order valence-corrected chi connectivity index (χ4v) is 1.49. The molecule has 4 nitrogen and oxygen atoms in total. The Morgan fingerprint density at radius 3 is 2.53 bits per heavy atom. The molecule has 0 heterocycles. The number of Topliss-reactive ketones (excluding diaryl/α,β-unsaturated/α-hetero) is 1. The maximum absolute atomic E-state index is 11.8. The summed E-state index contributed by atoms with van der Waals surface area (Å²) in [7, 11) is 3.13. The number of ether oxygens (including phenoxy) is 2. The second-order valence-electron chi connectivity index (χ2n) is 3.67. The predicted molar refractivity (Wildman–Crippen MR) is 67.0 cm³/mol. The standard InChI is InChI=1S/C13H19NO3/c1-4-7-14-9-11(15)10-5-6-12(16-2)13(8-10)17-3/h5-6,8,14H,4,7,9H2,1-3H3. The Hall–Kier alpha value is -1.55. The van der Waals surface area contributed by atoms with Crippen LogP contribution >= 0.6 is 0 Å². The second kappa shape index (κ2) is 6.91. The molecule has 0 radical (unpaired) electrons. The van der Waals surface area contributed by atoms with Crippen LogP contribution in [0, 0.1) is 0 Å². The maximum atomic E-state index is 11.8. The molecule has 17 heavy (non-hydrogen) atoms. The van der Waals surface area contributed by atoms with Gasteiger partial charge in [-0.15, -0.1) is 0 Å². The number of ketones is 1. The monoisotopic (exact) mass is 237 g/mol. The van der Waals surface area contributed by atoms with Gasteiger partial charge in [0.25, 0.3) is 0 Å². The van der Waals surface area contributed by atoms with Gasteiger partial charge >= 0.3 is 0 Å². The number of carbonyl (C=O) groups is 1. The Bertz CT molecular complexity index is 377. The molecular weight excluding hydrogens is 218 g/mol. The zero-order valence-corrected chi connectivity index (χ0v) is 10.6. The smallest absolute Gasteiger partial charge is 0.176 e. The van der Waals surface area contributed by atoms with E-state index in [0.29, 0.717) is 23.6 Å². The highest BCUT2D eigenvalue weighted by Gasteiger charge is 2.09. The van der Waals surface area contributed by atoms with Gasteiger partial charge in [0.15, 0.2) is 17.3 Å². The van der Waals surface area contributed by atoms with E-state index in [2.05, 4.69) is 12.2 Å². The Morgan fingerprint density at radius 1 is 1.24 bits per heavy atom. The van der Waals surface area contributed by atoms with Crippen molar-refractivity contribution in [2.45, 2.75) is 13.3 Å². The quantitative estimate of drug-likeness (QED) is 0.581. The summed E-state index contributed by atoms with van der Waals surface area (Å²) in [6, 6.07) is 5.19. The predicted octanol–water partition coefficient (Wildman–Crippen LogP) is 1.89. The molecule has 0 unspecified atom stereocenters. The fourth-order valence-electron chi connectivity index (χ4n) is 1.49. The van der Waals surface area contributed by atoms with Crippen LogP contribution < -0.4 is 14.8 Å². The number of hydrogen-bond acceptors (Lipinski definition) is 4. The lowest BCUT2D eigenvalue weighted by molar-refractivity contribution is 0.0991. The van der Waals surface area contributed by atoms with Gasteiger partial charge in [-0.2, -0.15) is 0 Å². The molecule has 0 aliphatic rings. The van der Waals surface area contributed by atoms with E-state index < -0.39 is 0 Å². The molecule has 0 saturated heterocycles. The van der Waals surface area contributed by atoms with Crippen molar-refractivity contribution >= 4 is 5.78 Å². The molecule has 0 saturated carbocycles. The van der Waals surface area contributed by atoms with Crippen LogP contribution in [0.15, 0.2) is 18.2 Å². The Balaban J connectivity index is 2.74. The molecule has 94 valence electrons. The number of nitrogens with one attached hydrogen (secondary N) is 1. The number of benzene rings is 1. The van der Waals surface area contributed by atoms with Gasteiger partial charge in [-0.1, -0.05) is 6.92 Å². The lowest BCUT2D eigenvalue weighted by Crippen LogP contribution is -2.23. The van der Waals surface area contributed by atoms with Crippen molar-refractivity contribution in [2.24, 2.45) is 0 Å². The fraction of sp³-hybridized carbons (Fsp3) is 0.462. The molecule has 4 heteroatoms. The van der Waals surface area contributed by atoms with Crippen LogP contribution in [0.25, 0.3) is 0 Å². The normalized spacial score (nSPS) is 10.1. The minimum Gasteiger partial charge on any atom is -0.493 e. The van der Waals surface area contributed by atoms with E-state index in [0.717, 1.165) is 13.0 Å². The van der Waals surface area contributed by atoms with Crippen LogP contribution in [-0.4, -0.2) is 33.1 Å². The number of carbonyl (C=O) groups excluding carboxylic acids is 1. The van der Waals surface area contributed by atoms with Crippen LogP contribution in [0.3, 0.4) is 0 Å². The zero-order chi connectivity index (χ0) is 12.7. The van der Waals surface area contributed by atoms with Crippen LogP contribution in [0.4, 0.5) is 0 Å². The van der Waals surface area contributed by atoms with Crippen LogP contribution in [0.2, 0.25) is 0 Å². The van der Waals surface area contributed by atoms with E-state index in [1.165, 1.54) is 0 Å². The van der Waals surface area contributed by atoms with Crippen molar-refractivity contribution < 1.29 is 14.3 Å². The summed E-state index contributed by atoms with van der Waals surface area (Å²) < 4.78 is 10.3. The van der Waals surface area contributed by atoms with E-state index >= 15 is 0 Å². The van der Waals surface area contributed by atoms with E-state index in [9.17, 15) is 4.79 Å². The first kappa shape index (κ1) is 13.5. The topological polar surface area (TPSA) is 47.6 Å². The number of hydrogen-bond donors (Lipinski definition) is 1. The highest BCUT2D eigenvalue weighted by atomic mass is 16.5. The van der Waals surface area contributed by atoms with Crippen molar-refractivity contribution in [2.75, 3.05) is 27.3 Å². The molecule has 0 amide bonds. The van der Waals surface area contributed by atoms with Crippen molar-refractivity contribution in [3.8, 4) is 11.5 Å².